The zero-order valence-electron chi connectivity index (χ0n) is 20.4. The topological polar surface area (TPSA) is 91.3 Å². The molecule has 1 amide bonds. The van der Waals surface area contributed by atoms with Gasteiger partial charge in [-0.15, -0.1) is 23.2 Å². The predicted octanol–water partition coefficient (Wildman–Crippen LogP) is 1.51. The SMILES string of the molecule is COC(=O)[C@H](Cc1ccccc1)NC(=O)C1CC(Cl)C(OCCCN2CCN(C)CC2)C(Cl)C1O. The summed E-state index contributed by atoms with van der Waals surface area (Å²) in [5.74, 6) is -1.89. The molecule has 1 aliphatic heterocycles. The minimum atomic E-state index is -1.15. The van der Waals surface area contributed by atoms with E-state index >= 15 is 0 Å². The van der Waals surface area contributed by atoms with E-state index in [-0.39, 0.29) is 12.8 Å². The highest BCUT2D eigenvalue weighted by Gasteiger charge is 2.46. The first-order chi connectivity index (χ1) is 16.8. The maximum Gasteiger partial charge on any atom is 0.328 e. The second kappa shape index (κ2) is 13.8. The van der Waals surface area contributed by atoms with E-state index in [0.29, 0.717) is 6.61 Å². The molecule has 35 heavy (non-hydrogen) atoms. The summed E-state index contributed by atoms with van der Waals surface area (Å²) in [7, 11) is 3.40. The van der Waals surface area contributed by atoms with E-state index in [9.17, 15) is 14.7 Å². The lowest BCUT2D eigenvalue weighted by atomic mass is 9.83. The zero-order chi connectivity index (χ0) is 25.4. The fraction of sp³-hybridized carbons (Fsp3) is 0.680. The molecule has 5 unspecified atom stereocenters. The molecule has 8 nitrogen and oxygen atoms in total. The first kappa shape index (κ1) is 28.2. The van der Waals surface area contributed by atoms with Crippen molar-refractivity contribution in [1.29, 1.82) is 0 Å². The van der Waals surface area contributed by atoms with Gasteiger partial charge in [0.15, 0.2) is 0 Å². The maximum atomic E-state index is 13.0. The number of likely N-dealkylation sites (N-methyl/N-ethyl adjacent to an activating group) is 1. The lowest BCUT2D eigenvalue weighted by Gasteiger charge is -2.40. The van der Waals surface area contributed by atoms with Crippen molar-refractivity contribution in [2.75, 3.05) is 53.5 Å². The van der Waals surface area contributed by atoms with Crippen LogP contribution in [0.5, 0.6) is 0 Å². The molecule has 3 rings (SSSR count). The molecule has 0 spiro atoms. The Labute approximate surface area is 217 Å². The Kier molecular flexibility index (Phi) is 11.1. The molecule has 2 fully saturated rings. The van der Waals surface area contributed by atoms with Crippen molar-refractivity contribution in [1.82, 2.24) is 15.1 Å². The number of benzene rings is 1. The summed E-state index contributed by atoms with van der Waals surface area (Å²) >= 11 is 13.1. The van der Waals surface area contributed by atoms with Gasteiger partial charge in [-0.25, -0.2) is 4.79 Å². The number of esters is 1. The van der Waals surface area contributed by atoms with Crippen molar-refractivity contribution in [3.05, 3.63) is 35.9 Å². The number of hydrogen-bond acceptors (Lipinski definition) is 7. The van der Waals surface area contributed by atoms with E-state index in [1.165, 1.54) is 7.11 Å². The van der Waals surface area contributed by atoms with Gasteiger partial charge in [0.2, 0.25) is 5.91 Å². The van der Waals surface area contributed by atoms with E-state index < -0.39 is 46.8 Å². The number of carbonyl (C=O) groups is 2. The van der Waals surface area contributed by atoms with Crippen molar-refractivity contribution in [2.24, 2.45) is 5.92 Å². The average molecular weight is 530 g/mol. The molecular weight excluding hydrogens is 493 g/mol. The van der Waals surface area contributed by atoms with Gasteiger partial charge in [0.05, 0.1) is 36.0 Å². The smallest absolute Gasteiger partial charge is 0.328 e. The van der Waals surface area contributed by atoms with Crippen LogP contribution in [0.2, 0.25) is 0 Å². The van der Waals surface area contributed by atoms with Crippen LogP contribution in [0.25, 0.3) is 0 Å². The minimum Gasteiger partial charge on any atom is -0.467 e. The van der Waals surface area contributed by atoms with Gasteiger partial charge >= 0.3 is 5.97 Å². The van der Waals surface area contributed by atoms with Crippen LogP contribution in [0.3, 0.4) is 0 Å². The third-order valence-electron chi connectivity index (χ3n) is 6.83. The van der Waals surface area contributed by atoms with Crippen molar-refractivity contribution < 1.29 is 24.2 Å². The van der Waals surface area contributed by atoms with Crippen LogP contribution in [0.15, 0.2) is 30.3 Å². The van der Waals surface area contributed by atoms with Gasteiger partial charge in [-0.1, -0.05) is 30.3 Å². The standard InChI is InChI=1S/C25H37Cl2N3O5/c1-29-10-12-30(13-11-29)9-6-14-35-23-19(26)16-18(22(31)21(23)27)24(32)28-20(25(33)34-2)15-17-7-4-3-5-8-17/h3-5,7-8,18-23,31H,6,9-16H2,1-2H3,(H,28,32)/t18?,19?,20-,21?,22?,23?/m0/s1. The summed E-state index contributed by atoms with van der Waals surface area (Å²) in [5.41, 5.74) is 0.878. The number of halogens is 2. The Balaban J connectivity index is 1.50. The van der Waals surface area contributed by atoms with Gasteiger partial charge in [-0.05, 0) is 25.5 Å². The highest BCUT2D eigenvalue weighted by atomic mass is 35.5. The minimum absolute atomic E-state index is 0.195. The molecule has 1 saturated carbocycles. The van der Waals surface area contributed by atoms with Crippen LogP contribution in [0.1, 0.15) is 18.4 Å². The number of methoxy groups -OCH3 is 1. The lowest BCUT2D eigenvalue weighted by molar-refractivity contribution is -0.147. The Morgan fingerprint density at radius 2 is 1.86 bits per heavy atom. The van der Waals surface area contributed by atoms with Gasteiger partial charge in [-0.2, -0.15) is 0 Å². The normalized spacial score (nSPS) is 28.9. The van der Waals surface area contributed by atoms with E-state index in [4.69, 9.17) is 32.7 Å². The lowest BCUT2D eigenvalue weighted by Crippen LogP contribution is -2.56. The number of nitrogens with one attached hydrogen (secondary N) is 1. The van der Waals surface area contributed by atoms with Crippen LogP contribution in [-0.2, 0) is 25.5 Å². The average Bonchev–Trinajstić information content (AvgIpc) is 2.86. The van der Waals surface area contributed by atoms with E-state index in [1.54, 1.807) is 0 Å². The molecule has 6 atom stereocenters. The second-order valence-electron chi connectivity index (χ2n) is 9.40. The maximum absolute atomic E-state index is 13.0. The fourth-order valence-electron chi connectivity index (χ4n) is 4.63. The number of ether oxygens (including phenoxy) is 2. The monoisotopic (exact) mass is 529 g/mol. The van der Waals surface area contributed by atoms with Gasteiger partial charge < -0.3 is 29.7 Å². The molecule has 1 aliphatic carbocycles. The number of nitrogens with zero attached hydrogens (tertiary/aromatic N) is 2. The molecule has 0 radical (unpaired) electrons. The molecule has 1 heterocycles. The number of aliphatic hydroxyl groups excluding tert-OH is 1. The fourth-order valence-corrected chi connectivity index (χ4v) is 5.55. The zero-order valence-corrected chi connectivity index (χ0v) is 22.0. The van der Waals surface area contributed by atoms with Gasteiger partial charge in [0, 0.05) is 45.8 Å². The van der Waals surface area contributed by atoms with E-state index in [1.807, 2.05) is 30.3 Å². The summed E-state index contributed by atoms with van der Waals surface area (Å²) < 4.78 is 10.8. The Morgan fingerprint density at radius 3 is 2.51 bits per heavy atom. The molecule has 2 N–H and O–H groups in total. The molecule has 1 saturated heterocycles. The summed E-state index contributed by atoms with van der Waals surface area (Å²) in [5, 5.41) is 12.2. The largest absolute Gasteiger partial charge is 0.467 e. The summed E-state index contributed by atoms with van der Waals surface area (Å²) in [6.45, 7) is 5.63. The van der Waals surface area contributed by atoms with E-state index in [0.717, 1.165) is 44.7 Å². The van der Waals surface area contributed by atoms with Crippen LogP contribution in [0.4, 0.5) is 0 Å². The number of aliphatic hydroxyl groups is 1. The summed E-state index contributed by atoms with van der Waals surface area (Å²) in [4.78, 5) is 30.1. The molecular formula is C25H37Cl2N3O5. The van der Waals surface area contributed by atoms with Gasteiger partial charge in [-0.3, -0.25) is 4.79 Å². The molecule has 10 heteroatoms. The Morgan fingerprint density at radius 1 is 1.17 bits per heavy atom. The number of alkyl halides is 2. The first-order valence-electron chi connectivity index (χ1n) is 12.2. The van der Waals surface area contributed by atoms with Crippen LogP contribution >= 0.6 is 23.2 Å². The number of amides is 1. The quantitative estimate of drug-likeness (QED) is 0.269. The van der Waals surface area contributed by atoms with Gasteiger partial charge in [0.25, 0.3) is 0 Å². The number of hydrogen-bond donors (Lipinski definition) is 2. The molecule has 0 bridgehead atoms. The van der Waals surface area contributed by atoms with Crippen LogP contribution in [-0.4, -0.2) is 109 Å². The van der Waals surface area contributed by atoms with Gasteiger partial charge in [0.1, 0.15) is 6.04 Å². The Hall–Kier alpha value is -1.42. The predicted molar refractivity (Wildman–Crippen MR) is 136 cm³/mol. The molecule has 196 valence electrons. The highest BCUT2D eigenvalue weighted by molar-refractivity contribution is 6.25. The van der Waals surface area contributed by atoms with E-state index in [2.05, 4.69) is 22.2 Å². The molecule has 0 aromatic heterocycles. The third kappa shape index (κ3) is 8.03. The molecule has 1 aromatic rings. The number of piperazine rings is 1. The highest BCUT2D eigenvalue weighted by Crippen LogP contribution is 2.34. The molecule has 2 aliphatic rings. The number of carbonyl (C=O) groups excluding carboxylic acids is 2. The van der Waals surface area contributed by atoms with Crippen molar-refractivity contribution in [3.63, 3.8) is 0 Å². The Bertz CT molecular complexity index is 810. The van der Waals surface area contributed by atoms with Crippen LogP contribution in [0, 0.1) is 5.92 Å². The summed E-state index contributed by atoms with van der Waals surface area (Å²) in [6.07, 6.45) is -0.404. The molecule has 1 aromatic carbocycles. The van der Waals surface area contributed by atoms with Crippen molar-refractivity contribution in [3.8, 4) is 0 Å². The van der Waals surface area contributed by atoms with Crippen molar-refractivity contribution >= 4 is 35.1 Å². The van der Waals surface area contributed by atoms with Crippen LogP contribution < -0.4 is 5.32 Å². The number of rotatable bonds is 10. The second-order valence-corrected chi connectivity index (χ2v) is 10.5. The first-order valence-corrected chi connectivity index (χ1v) is 13.1. The van der Waals surface area contributed by atoms with Crippen molar-refractivity contribution in [2.45, 2.75) is 48.3 Å². The summed E-state index contributed by atoms with van der Waals surface area (Å²) in [6, 6.07) is 8.45. The third-order valence-corrected chi connectivity index (χ3v) is 7.77.